The number of aliphatic hydroxyl groups excluding tert-OH is 1. The Morgan fingerprint density at radius 3 is 2.14 bits per heavy atom. The van der Waals surface area contributed by atoms with Crippen LogP contribution in [0.5, 0.6) is 5.75 Å². The van der Waals surface area contributed by atoms with Crippen LogP contribution in [0.2, 0.25) is 0 Å². The van der Waals surface area contributed by atoms with Gasteiger partial charge >= 0.3 is 6.36 Å². The summed E-state index contributed by atoms with van der Waals surface area (Å²) in [5, 5.41) is 9.70. The van der Waals surface area contributed by atoms with Crippen LogP contribution in [0.1, 0.15) is 45.1 Å². The van der Waals surface area contributed by atoms with E-state index in [1.54, 1.807) is 12.1 Å². The highest BCUT2D eigenvalue weighted by Gasteiger charge is 2.31. The Balaban J connectivity index is 2.76. The molecule has 0 aliphatic rings. The average Bonchev–Trinajstić information content (AvgIpc) is 2.44. The van der Waals surface area contributed by atoms with Crippen LogP contribution in [0.25, 0.3) is 0 Å². The van der Waals surface area contributed by atoms with Gasteiger partial charge in [0.25, 0.3) is 0 Å². The maximum absolute atomic E-state index is 12.1. The normalized spacial score (nSPS) is 14.8. The molecule has 0 saturated heterocycles. The highest BCUT2D eigenvalue weighted by molar-refractivity contribution is 5.28. The molecule has 1 atom stereocenters. The number of aliphatic hydroxyl groups is 1. The van der Waals surface area contributed by atoms with Crippen LogP contribution >= 0.6 is 0 Å². The third kappa shape index (κ3) is 5.96. The molecule has 5 heteroatoms. The van der Waals surface area contributed by atoms with Crippen LogP contribution in [0.3, 0.4) is 0 Å². The molecule has 0 fully saturated rings. The van der Waals surface area contributed by atoms with Crippen LogP contribution in [-0.4, -0.2) is 18.1 Å². The molecule has 1 aromatic carbocycles. The van der Waals surface area contributed by atoms with E-state index in [0.29, 0.717) is 6.42 Å². The molecule has 0 saturated carbocycles. The minimum atomic E-state index is -4.67. The number of rotatable bonds is 8. The van der Waals surface area contributed by atoms with Gasteiger partial charge in [0, 0.05) is 6.61 Å². The topological polar surface area (TPSA) is 29.5 Å². The number of alkyl halides is 3. The molecule has 21 heavy (non-hydrogen) atoms. The second-order valence-corrected chi connectivity index (χ2v) is 5.48. The van der Waals surface area contributed by atoms with Gasteiger partial charge in [-0.25, -0.2) is 0 Å². The third-order valence-electron chi connectivity index (χ3n) is 3.88. The summed E-state index contributed by atoms with van der Waals surface area (Å²) in [4.78, 5) is 0. The molecule has 0 amide bonds. The first-order chi connectivity index (χ1) is 9.84. The zero-order valence-corrected chi connectivity index (χ0v) is 12.5. The lowest BCUT2D eigenvalue weighted by Crippen LogP contribution is -2.27. The van der Waals surface area contributed by atoms with Gasteiger partial charge in [-0.3, -0.25) is 0 Å². The van der Waals surface area contributed by atoms with Crippen molar-refractivity contribution in [2.45, 2.75) is 52.3 Å². The molecular weight excluding hydrogens is 281 g/mol. The Morgan fingerprint density at radius 2 is 1.71 bits per heavy atom. The van der Waals surface area contributed by atoms with Gasteiger partial charge in [-0.05, 0) is 42.4 Å². The number of unbranched alkanes of at least 4 members (excludes halogenated alkanes) is 1. The summed E-state index contributed by atoms with van der Waals surface area (Å²) in [6.07, 6.45) is -0.168. The molecule has 0 bridgehead atoms. The minimum absolute atomic E-state index is 0.0876. The third-order valence-corrected chi connectivity index (χ3v) is 3.88. The van der Waals surface area contributed by atoms with Crippen molar-refractivity contribution in [2.24, 2.45) is 5.41 Å². The van der Waals surface area contributed by atoms with Crippen molar-refractivity contribution in [3.63, 3.8) is 0 Å². The summed E-state index contributed by atoms with van der Waals surface area (Å²) in [7, 11) is 0. The smallest absolute Gasteiger partial charge is 0.406 e. The average molecular weight is 304 g/mol. The van der Waals surface area contributed by atoms with Gasteiger partial charge < -0.3 is 9.84 Å². The summed E-state index contributed by atoms with van der Waals surface area (Å²) in [6.45, 7) is 4.22. The summed E-state index contributed by atoms with van der Waals surface area (Å²) >= 11 is 0. The van der Waals surface area contributed by atoms with E-state index in [2.05, 4.69) is 11.7 Å². The van der Waals surface area contributed by atoms with Gasteiger partial charge in [0.1, 0.15) is 5.75 Å². The Morgan fingerprint density at radius 1 is 1.10 bits per heavy atom. The molecule has 1 rings (SSSR count). The maximum Gasteiger partial charge on any atom is 0.573 e. The molecule has 1 unspecified atom stereocenters. The number of ether oxygens (including phenoxy) is 1. The molecular formula is C16H23F3O2. The van der Waals surface area contributed by atoms with Crippen LogP contribution in [-0.2, 0) is 6.42 Å². The van der Waals surface area contributed by atoms with Crippen molar-refractivity contribution in [1.29, 1.82) is 0 Å². The van der Waals surface area contributed by atoms with Gasteiger partial charge in [0.05, 0.1) is 0 Å². The molecule has 0 heterocycles. The Kier molecular flexibility index (Phi) is 6.52. The summed E-state index contributed by atoms with van der Waals surface area (Å²) < 4.78 is 40.2. The van der Waals surface area contributed by atoms with Crippen LogP contribution in [0.4, 0.5) is 13.2 Å². The largest absolute Gasteiger partial charge is 0.573 e. The fraction of sp³-hybridized carbons (Fsp3) is 0.625. The van der Waals surface area contributed by atoms with E-state index in [-0.39, 0.29) is 17.8 Å². The minimum Gasteiger partial charge on any atom is -0.406 e. The molecule has 0 aliphatic heterocycles. The highest BCUT2D eigenvalue weighted by atomic mass is 19.4. The summed E-state index contributed by atoms with van der Waals surface area (Å²) in [5.74, 6) is -0.217. The SMILES string of the molecule is CCCCC(CC)(CO)Cc1ccc(OC(F)(F)F)cc1. The lowest BCUT2D eigenvalue weighted by molar-refractivity contribution is -0.274. The lowest BCUT2D eigenvalue weighted by atomic mass is 9.76. The van der Waals surface area contributed by atoms with Gasteiger partial charge in [0.2, 0.25) is 0 Å². The predicted octanol–water partition coefficient (Wildman–Crippen LogP) is 4.71. The van der Waals surface area contributed by atoms with Crippen molar-refractivity contribution >= 4 is 0 Å². The van der Waals surface area contributed by atoms with Crippen molar-refractivity contribution in [1.82, 2.24) is 0 Å². The zero-order valence-electron chi connectivity index (χ0n) is 12.5. The van der Waals surface area contributed by atoms with E-state index in [1.165, 1.54) is 12.1 Å². The van der Waals surface area contributed by atoms with Crippen LogP contribution in [0.15, 0.2) is 24.3 Å². The second kappa shape index (κ2) is 7.69. The van der Waals surface area contributed by atoms with E-state index in [9.17, 15) is 18.3 Å². The van der Waals surface area contributed by atoms with Crippen molar-refractivity contribution < 1.29 is 23.0 Å². The molecule has 1 aromatic rings. The monoisotopic (exact) mass is 304 g/mol. The van der Waals surface area contributed by atoms with Crippen molar-refractivity contribution in [3.8, 4) is 5.75 Å². The molecule has 120 valence electrons. The Bertz CT molecular complexity index is 409. The van der Waals surface area contributed by atoms with Crippen molar-refractivity contribution in [3.05, 3.63) is 29.8 Å². The predicted molar refractivity (Wildman–Crippen MR) is 76.2 cm³/mol. The van der Waals surface area contributed by atoms with E-state index in [0.717, 1.165) is 31.2 Å². The first-order valence-electron chi connectivity index (χ1n) is 7.29. The maximum atomic E-state index is 12.1. The fourth-order valence-corrected chi connectivity index (χ4v) is 2.43. The van der Waals surface area contributed by atoms with Gasteiger partial charge in [-0.1, -0.05) is 38.8 Å². The van der Waals surface area contributed by atoms with Crippen LogP contribution in [0, 0.1) is 5.41 Å². The second-order valence-electron chi connectivity index (χ2n) is 5.48. The van der Waals surface area contributed by atoms with Crippen LogP contribution < -0.4 is 4.74 Å². The van der Waals surface area contributed by atoms with E-state index < -0.39 is 6.36 Å². The Hall–Kier alpha value is -1.23. The highest BCUT2D eigenvalue weighted by Crippen LogP contribution is 2.33. The van der Waals surface area contributed by atoms with Gasteiger partial charge in [0.15, 0.2) is 0 Å². The molecule has 1 N–H and O–H groups in total. The van der Waals surface area contributed by atoms with Gasteiger partial charge in [-0.15, -0.1) is 13.2 Å². The quantitative estimate of drug-likeness (QED) is 0.754. The summed E-state index contributed by atoms with van der Waals surface area (Å²) in [6, 6.07) is 5.90. The number of hydrogen-bond donors (Lipinski definition) is 1. The zero-order chi connectivity index (χ0) is 15.9. The number of hydrogen-bond acceptors (Lipinski definition) is 2. The first kappa shape index (κ1) is 17.8. The molecule has 2 nitrogen and oxygen atoms in total. The molecule has 0 radical (unpaired) electrons. The van der Waals surface area contributed by atoms with Gasteiger partial charge in [-0.2, -0.15) is 0 Å². The van der Waals surface area contributed by atoms with E-state index in [1.807, 2.05) is 6.92 Å². The lowest BCUT2D eigenvalue weighted by Gasteiger charge is -2.31. The molecule has 0 spiro atoms. The first-order valence-corrected chi connectivity index (χ1v) is 7.29. The van der Waals surface area contributed by atoms with E-state index >= 15 is 0 Å². The van der Waals surface area contributed by atoms with E-state index in [4.69, 9.17) is 0 Å². The number of halogens is 3. The summed E-state index contributed by atoms with van der Waals surface area (Å²) in [5.41, 5.74) is 0.721. The Labute approximate surface area is 123 Å². The molecule has 0 aliphatic carbocycles. The van der Waals surface area contributed by atoms with Crippen molar-refractivity contribution in [2.75, 3.05) is 6.61 Å². The molecule has 0 aromatic heterocycles. The fourth-order valence-electron chi connectivity index (χ4n) is 2.43. The standard InChI is InChI=1S/C16H23F3O2/c1-3-5-10-15(4-2,12-20)11-13-6-8-14(9-7-13)21-16(17,18)19/h6-9,20H,3-5,10-12H2,1-2H3. The number of benzene rings is 1.